The van der Waals surface area contributed by atoms with Crippen LogP contribution in [0.4, 0.5) is 5.69 Å². The Hall–Kier alpha value is -3.47. The summed E-state index contributed by atoms with van der Waals surface area (Å²) in [6.07, 6.45) is 2.35. The second-order valence-corrected chi connectivity index (χ2v) is 7.38. The van der Waals surface area contributed by atoms with Gasteiger partial charge < -0.3 is 10.2 Å². The number of hydrogen-bond acceptors (Lipinski definition) is 3. The number of aromatic nitrogens is 1. The van der Waals surface area contributed by atoms with E-state index in [0.717, 1.165) is 28.8 Å². The van der Waals surface area contributed by atoms with Crippen LogP contribution in [0.15, 0.2) is 60.8 Å². The summed E-state index contributed by atoms with van der Waals surface area (Å²) in [7, 11) is 0. The number of fused-ring (bicyclic) bond motifs is 1. The first-order valence-corrected chi connectivity index (χ1v) is 9.72. The van der Waals surface area contributed by atoms with Crippen LogP contribution in [0.2, 0.25) is 0 Å². The standard InChI is InChI=1S/C24H23N3O2/c1-16-6-5-9-21(17(16)2)26-23(28)19-10-12-25-22(14-19)24(29)27-13-11-18-7-3-4-8-20(18)15-27/h3-10,12,14H,11,13,15H2,1-2H3,(H,26,28). The van der Waals surface area contributed by atoms with Crippen molar-refractivity contribution in [2.45, 2.75) is 26.8 Å². The van der Waals surface area contributed by atoms with Gasteiger partial charge >= 0.3 is 0 Å². The van der Waals surface area contributed by atoms with Gasteiger partial charge in [-0.25, -0.2) is 0 Å². The zero-order chi connectivity index (χ0) is 20.4. The zero-order valence-electron chi connectivity index (χ0n) is 16.6. The van der Waals surface area contributed by atoms with Crippen molar-refractivity contribution >= 4 is 17.5 Å². The van der Waals surface area contributed by atoms with Crippen LogP contribution in [-0.4, -0.2) is 28.2 Å². The summed E-state index contributed by atoms with van der Waals surface area (Å²) in [6, 6.07) is 17.2. The van der Waals surface area contributed by atoms with Crippen LogP contribution >= 0.6 is 0 Å². The summed E-state index contributed by atoms with van der Waals surface area (Å²) in [5, 5.41) is 2.93. The van der Waals surface area contributed by atoms with Gasteiger partial charge in [0.15, 0.2) is 0 Å². The van der Waals surface area contributed by atoms with Crippen molar-refractivity contribution in [1.29, 1.82) is 0 Å². The molecule has 0 fully saturated rings. The van der Waals surface area contributed by atoms with E-state index >= 15 is 0 Å². The molecule has 146 valence electrons. The minimum Gasteiger partial charge on any atom is -0.333 e. The molecule has 3 aromatic rings. The highest BCUT2D eigenvalue weighted by atomic mass is 16.2. The lowest BCUT2D eigenvalue weighted by Gasteiger charge is -2.28. The van der Waals surface area contributed by atoms with E-state index in [1.807, 2.05) is 44.2 Å². The van der Waals surface area contributed by atoms with Gasteiger partial charge in [-0.3, -0.25) is 14.6 Å². The fourth-order valence-electron chi connectivity index (χ4n) is 3.60. The van der Waals surface area contributed by atoms with E-state index in [1.54, 1.807) is 17.0 Å². The van der Waals surface area contributed by atoms with Crippen LogP contribution in [0.3, 0.4) is 0 Å². The molecule has 0 bridgehead atoms. The van der Waals surface area contributed by atoms with E-state index in [9.17, 15) is 9.59 Å². The number of nitrogens with zero attached hydrogens (tertiary/aromatic N) is 2. The fourth-order valence-corrected chi connectivity index (χ4v) is 3.60. The Morgan fingerprint density at radius 1 is 1.00 bits per heavy atom. The van der Waals surface area contributed by atoms with Crippen molar-refractivity contribution < 1.29 is 9.59 Å². The molecule has 1 N–H and O–H groups in total. The smallest absolute Gasteiger partial charge is 0.272 e. The lowest BCUT2D eigenvalue weighted by molar-refractivity contribution is 0.0728. The Bertz CT molecular complexity index is 1090. The Balaban J connectivity index is 1.52. The molecule has 1 aliphatic rings. The fraction of sp³-hybridized carbons (Fsp3) is 0.208. The molecule has 4 rings (SSSR count). The topological polar surface area (TPSA) is 62.3 Å². The largest absolute Gasteiger partial charge is 0.333 e. The Kier molecular flexibility index (Phi) is 5.12. The molecular weight excluding hydrogens is 362 g/mol. The molecule has 0 saturated carbocycles. The third-order valence-electron chi connectivity index (χ3n) is 5.51. The molecule has 29 heavy (non-hydrogen) atoms. The number of carbonyl (C=O) groups excluding carboxylic acids is 2. The van der Waals surface area contributed by atoms with Gasteiger partial charge in [0.2, 0.25) is 0 Å². The second-order valence-electron chi connectivity index (χ2n) is 7.38. The van der Waals surface area contributed by atoms with Gasteiger partial charge in [0, 0.05) is 30.5 Å². The second kappa shape index (κ2) is 7.87. The van der Waals surface area contributed by atoms with E-state index < -0.39 is 0 Å². The molecule has 5 heteroatoms. The summed E-state index contributed by atoms with van der Waals surface area (Å²) < 4.78 is 0. The summed E-state index contributed by atoms with van der Waals surface area (Å²) >= 11 is 0. The summed E-state index contributed by atoms with van der Waals surface area (Å²) in [4.78, 5) is 31.7. The predicted molar refractivity (Wildman–Crippen MR) is 113 cm³/mol. The third kappa shape index (κ3) is 3.90. The minimum absolute atomic E-state index is 0.152. The van der Waals surface area contributed by atoms with Crippen molar-refractivity contribution in [3.63, 3.8) is 0 Å². The highest BCUT2D eigenvalue weighted by Gasteiger charge is 2.23. The van der Waals surface area contributed by atoms with Gasteiger partial charge in [0.25, 0.3) is 11.8 Å². The maximum atomic E-state index is 13.0. The predicted octanol–water partition coefficient (Wildman–Crippen LogP) is 4.15. The molecule has 2 heterocycles. The van der Waals surface area contributed by atoms with Gasteiger partial charge in [-0.05, 0) is 60.7 Å². The van der Waals surface area contributed by atoms with Crippen LogP contribution in [0.25, 0.3) is 0 Å². The number of anilines is 1. The molecular formula is C24H23N3O2. The molecule has 1 aliphatic heterocycles. The van der Waals surface area contributed by atoms with Crippen molar-refractivity contribution in [2.75, 3.05) is 11.9 Å². The average Bonchev–Trinajstić information content (AvgIpc) is 2.76. The van der Waals surface area contributed by atoms with Crippen LogP contribution in [0, 0.1) is 13.8 Å². The molecule has 2 aromatic carbocycles. The van der Waals surface area contributed by atoms with Crippen LogP contribution in [0.5, 0.6) is 0 Å². The monoisotopic (exact) mass is 385 g/mol. The Labute approximate surface area is 170 Å². The third-order valence-corrected chi connectivity index (χ3v) is 5.51. The molecule has 0 aliphatic carbocycles. The van der Waals surface area contributed by atoms with Gasteiger partial charge in [0.05, 0.1) is 0 Å². The van der Waals surface area contributed by atoms with E-state index in [-0.39, 0.29) is 17.5 Å². The van der Waals surface area contributed by atoms with E-state index in [2.05, 4.69) is 22.4 Å². The van der Waals surface area contributed by atoms with Gasteiger partial charge in [0.1, 0.15) is 5.69 Å². The maximum absolute atomic E-state index is 13.0. The quantitative estimate of drug-likeness (QED) is 0.737. The minimum atomic E-state index is -0.251. The number of pyridine rings is 1. The van der Waals surface area contributed by atoms with E-state index in [4.69, 9.17) is 0 Å². The highest BCUT2D eigenvalue weighted by Crippen LogP contribution is 2.21. The van der Waals surface area contributed by atoms with Crippen LogP contribution < -0.4 is 5.32 Å². The Morgan fingerprint density at radius 3 is 2.62 bits per heavy atom. The zero-order valence-corrected chi connectivity index (χ0v) is 16.6. The van der Waals surface area contributed by atoms with Gasteiger partial charge in [-0.2, -0.15) is 0 Å². The normalized spacial score (nSPS) is 13.0. The summed E-state index contributed by atoms with van der Waals surface area (Å²) in [5.41, 5.74) is 6.06. The number of benzene rings is 2. The lowest BCUT2D eigenvalue weighted by atomic mass is 9.99. The first kappa shape index (κ1) is 18.9. The van der Waals surface area contributed by atoms with Crippen molar-refractivity contribution in [2.24, 2.45) is 0 Å². The van der Waals surface area contributed by atoms with Crippen molar-refractivity contribution in [3.05, 3.63) is 94.3 Å². The molecule has 1 aromatic heterocycles. The molecule has 0 unspecified atom stereocenters. The number of carbonyl (C=O) groups is 2. The molecule has 0 saturated heterocycles. The molecule has 5 nitrogen and oxygen atoms in total. The van der Waals surface area contributed by atoms with Crippen LogP contribution in [-0.2, 0) is 13.0 Å². The van der Waals surface area contributed by atoms with Crippen LogP contribution in [0.1, 0.15) is 43.1 Å². The average molecular weight is 385 g/mol. The Morgan fingerprint density at radius 2 is 1.79 bits per heavy atom. The number of aryl methyl sites for hydroxylation is 1. The maximum Gasteiger partial charge on any atom is 0.272 e. The molecule has 0 spiro atoms. The van der Waals surface area contributed by atoms with Gasteiger partial charge in [-0.1, -0.05) is 36.4 Å². The van der Waals surface area contributed by atoms with Crippen molar-refractivity contribution in [1.82, 2.24) is 9.88 Å². The number of amides is 2. The first-order chi connectivity index (χ1) is 14.0. The molecule has 2 amide bonds. The van der Waals surface area contributed by atoms with E-state index in [0.29, 0.717) is 18.7 Å². The van der Waals surface area contributed by atoms with Crippen molar-refractivity contribution in [3.8, 4) is 0 Å². The number of nitrogens with one attached hydrogen (secondary N) is 1. The number of rotatable bonds is 3. The number of hydrogen-bond donors (Lipinski definition) is 1. The summed E-state index contributed by atoms with van der Waals surface area (Å²) in [6.45, 7) is 5.19. The SMILES string of the molecule is Cc1cccc(NC(=O)c2ccnc(C(=O)N3CCc4ccccc4C3)c2)c1C. The lowest BCUT2D eigenvalue weighted by Crippen LogP contribution is -2.36. The van der Waals surface area contributed by atoms with E-state index in [1.165, 1.54) is 11.8 Å². The molecule has 0 atom stereocenters. The summed E-state index contributed by atoms with van der Waals surface area (Å²) in [5.74, 6) is -0.403. The highest BCUT2D eigenvalue weighted by molar-refractivity contribution is 6.06. The molecule has 0 radical (unpaired) electrons. The van der Waals surface area contributed by atoms with Gasteiger partial charge in [-0.15, -0.1) is 0 Å². The first-order valence-electron chi connectivity index (χ1n) is 9.72.